The standard InChI is InChI=1S/C6H12O2Si/c1-2-3-4-5-6(7)8-9/h2H,1,3-5H2,9H3. The zero-order chi connectivity index (χ0) is 7.11. The summed E-state index contributed by atoms with van der Waals surface area (Å²) in [5.41, 5.74) is 0. The minimum Gasteiger partial charge on any atom is -0.529 e. The van der Waals surface area contributed by atoms with Crippen LogP contribution in [0.15, 0.2) is 12.7 Å². The van der Waals surface area contributed by atoms with Crippen LogP contribution in [0.3, 0.4) is 0 Å². The molecule has 0 atom stereocenters. The van der Waals surface area contributed by atoms with E-state index in [9.17, 15) is 4.79 Å². The number of carbonyl (C=O) groups is 1. The van der Waals surface area contributed by atoms with Gasteiger partial charge < -0.3 is 4.43 Å². The van der Waals surface area contributed by atoms with Crippen molar-refractivity contribution in [1.29, 1.82) is 0 Å². The summed E-state index contributed by atoms with van der Waals surface area (Å²) >= 11 is 0. The second-order valence-electron chi connectivity index (χ2n) is 1.76. The second-order valence-corrected chi connectivity index (χ2v) is 2.17. The van der Waals surface area contributed by atoms with E-state index in [0.29, 0.717) is 16.9 Å². The summed E-state index contributed by atoms with van der Waals surface area (Å²) in [7, 11) is 0.516. The van der Waals surface area contributed by atoms with E-state index in [1.54, 1.807) is 6.08 Å². The molecule has 0 aliphatic heterocycles. The molecular weight excluding hydrogens is 132 g/mol. The Morgan fingerprint density at radius 3 is 2.89 bits per heavy atom. The highest BCUT2D eigenvalue weighted by Gasteiger charge is 1.95. The Bertz CT molecular complexity index is 101. The molecule has 0 bridgehead atoms. The fraction of sp³-hybridized carbons (Fsp3) is 0.500. The number of carbonyl (C=O) groups excluding carboxylic acids is 1. The zero-order valence-electron chi connectivity index (χ0n) is 5.72. The molecule has 0 aromatic rings. The third-order valence-electron chi connectivity index (χ3n) is 1.02. The van der Waals surface area contributed by atoms with E-state index in [-0.39, 0.29) is 5.97 Å². The molecule has 0 aliphatic rings. The number of rotatable bonds is 4. The van der Waals surface area contributed by atoms with Gasteiger partial charge >= 0.3 is 0 Å². The van der Waals surface area contributed by atoms with E-state index < -0.39 is 0 Å². The Morgan fingerprint density at radius 1 is 1.78 bits per heavy atom. The topological polar surface area (TPSA) is 26.3 Å². The fourth-order valence-corrected chi connectivity index (χ4v) is 0.697. The van der Waals surface area contributed by atoms with E-state index >= 15 is 0 Å². The fourth-order valence-electron chi connectivity index (χ4n) is 0.493. The Hall–Kier alpha value is -0.573. The number of hydrogen-bond donors (Lipinski definition) is 0. The van der Waals surface area contributed by atoms with Crippen molar-refractivity contribution < 1.29 is 9.22 Å². The molecule has 0 aromatic heterocycles. The van der Waals surface area contributed by atoms with E-state index in [1.165, 1.54) is 0 Å². The van der Waals surface area contributed by atoms with Gasteiger partial charge in [0.15, 0.2) is 0 Å². The van der Waals surface area contributed by atoms with Crippen LogP contribution in [-0.4, -0.2) is 16.5 Å². The minimum atomic E-state index is -0.0801. The first-order valence-electron chi connectivity index (χ1n) is 2.99. The predicted octanol–water partition coefficient (Wildman–Crippen LogP) is 0.166. The molecule has 0 rings (SSSR count). The average molecular weight is 144 g/mol. The van der Waals surface area contributed by atoms with E-state index in [2.05, 4.69) is 11.0 Å². The Labute approximate surface area is 58.4 Å². The van der Waals surface area contributed by atoms with Gasteiger partial charge in [-0.25, -0.2) is 0 Å². The molecule has 0 radical (unpaired) electrons. The number of allylic oxidation sites excluding steroid dienone is 1. The van der Waals surface area contributed by atoms with E-state index in [1.807, 2.05) is 0 Å². The van der Waals surface area contributed by atoms with E-state index in [4.69, 9.17) is 0 Å². The van der Waals surface area contributed by atoms with E-state index in [0.717, 1.165) is 12.8 Å². The van der Waals surface area contributed by atoms with Gasteiger partial charge in [0.1, 0.15) is 0 Å². The maximum atomic E-state index is 10.5. The first-order valence-corrected chi connectivity index (χ1v) is 3.80. The summed E-state index contributed by atoms with van der Waals surface area (Å²) in [4.78, 5) is 10.5. The zero-order valence-corrected chi connectivity index (χ0v) is 7.72. The molecular formula is C6H12O2Si. The number of unbranched alkanes of at least 4 members (excludes halogenated alkanes) is 1. The van der Waals surface area contributed by atoms with Crippen molar-refractivity contribution in [2.24, 2.45) is 0 Å². The first-order chi connectivity index (χ1) is 4.31. The van der Waals surface area contributed by atoms with Crippen molar-refractivity contribution in [3.63, 3.8) is 0 Å². The van der Waals surface area contributed by atoms with Crippen LogP contribution in [-0.2, 0) is 9.22 Å². The summed E-state index contributed by atoms with van der Waals surface area (Å²) in [6.45, 7) is 3.54. The summed E-state index contributed by atoms with van der Waals surface area (Å²) in [5, 5.41) is 0. The molecule has 2 nitrogen and oxygen atoms in total. The quantitative estimate of drug-likeness (QED) is 0.319. The van der Waals surface area contributed by atoms with Crippen LogP contribution in [0.4, 0.5) is 0 Å². The highest BCUT2D eigenvalue weighted by atomic mass is 28.2. The van der Waals surface area contributed by atoms with Crippen LogP contribution < -0.4 is 0 Å². The molecule has 0 unspecified atom stereocenters. The van der Waals surface area contributed by atoms with Crippen LogP contribution in [0.25, 0.3) is 0 Å². The third kappa shape index (κ3) is 5.30. The molecule has 0 aliphatic carbocycles. The summed E-state index contributed by atoms with van der Waals surface area (Å²) in [6.07, 6.45) is 4.11. The Kier molecular flexibility index (Phi) is 5.21. The summed E-state index contributed by atoms with van der Waals surface area (Å²) in [6, 6.07) is 0. The Morgan fingerprint density at radius 2 is 2.44 bits per heavy atom. The molecule has 0 aromatic carbocycles. The highest BCUT2D eigenvalue weighted by molar-refractivity contribution is 6.05. The van der Waals surface area contributed by atoms with Crippen LogP contribution >= 0.6 is 0 Å². The normalized spacial score (nSPS) is 8.89. The van der Waals surface area contributed by atoms with Crippen molar-refractivity contribution in [3.8, 4) is 0 Å². The molecule has 0 saturated carbocycles. The molecule has 9 heavy (non-hydrogen) atoms. The van der Waals surface area contributed by atoms with Gasteiger partial charge in [0, 0.05) is 6.42 Å². The average Bonchev–Trinajstić information content (AvgIpc) is 1.89. The molecule has 0 amide bonds. The Balaban J connectivity index is 3.06. The molecule has 0 N–H and O–H groups in total. The van der Waals surface area contributed by atoms with Crippen LogP contribution in [0.2, 0.25) is 0 Å². The first kappa shape index (κ1) is 8.43. The lowest BCUT2D eigenvalue weighted by molar-refractivity contribution is -0.134. The van der Waals surface area contributed by atoms with Gasteiger partial charge in [-0.2, -0.15) is 0 Å². The molecule has 0 saturated heterocycles. The largest absolute Gasteiger partial charge is 0.529 e. The molecule has 0 fully saturated rings. The molecule has 0 spiro atoms. The monoisotopic (exact) mass is 144 g/mol. The van der Waals surface area contributed by atoms with Gasteiger partial charge in [0.05, 0.1) is 0 Å². The lowest BCUT2D eigenvalue weighted by Crippen LogP contribution is -1.99. The molecule has 0 heterocycles. The van der Waals surface area contributed by atoms with Gasteiger partial charge in [-0.05, 0) is 12.8 Å². The van der Waals surface area contributed by atoms with Gasteiger partial charge in [0.25, 0.3) is 5.97 Å². The lowest BCUT2D eigenvalue weighted by Gasteiger charge is -1.95. The van der Waals surface area contributed by atoms with Crippen LogP contribution in [0.1, 0.15) is 19.3 Å². The maximum Gasteiger partial charge on any atom is 0.291 e. The summed E-state index contributed by atoms with van der Waals surface area (Å²) < 4.78 is 4.56. The van der Waals surface area contributed by atoms with Gasteiger partial charge in [-0.1, -0.05) is 6.08 Å². The second kappa shape index (κ2) is 5.56. The van der Waals surface area contributed by atoms with Crippen molar-refractivity contribution in [1.82, 2.24) is 0 Å². The van der Waals surface area contributed by atoms with Gasteiger partial charge in [-0.15, -0.1) is 6.58 Å². The maximum absolute atomic E-state index is 10.5. The van der Waals surface area contributed by atoms with Gasteiger partial charge in [-0.3, -0.25) is 4.79 Å². The minimum absolute atomic E-state index is 0.0801. The smallest absolute Gasteiger partial charge is 0.291 e. The van der Waals surface area contributed by atoms with Crippen molar-refractivity contribution in [3.05, 3.63) is 12.7 Å². The predicted molar refractivity (Wildman–Crippen MR) is 40.1 cm³/mol. The van der Waals surface area contributed by atoms with Crippen LogP contribution in [0, 0.1) is 0 Å². The SMILES string of the molecule is C=CCCCC(=O)O[SiH3]. The van der Waals surface area contributed by atoms with Gasteiger partial charge in [0.2, 0.25) is 10.5 Å². The summed E-state index contributed by atoms with van der Waals surface area (Å²) in [5.74, 6) is -0.0801. The molecule has 3 heteroatoms. The highest BCUT2D eigenvalue weighted by Crippen LogP contribution is 1.95. The lowest BCUT2D eigenvalue weighted by atomic mass is 10.2. The van der Waals surface area contributed by atoms with Crippen molar-refractivity contribution in [2.75, 3.05) is 0 Å². The third-order valence-corrected chi connectivity index (χ3v) is 1.47. The number of hydrogen-bond acceptors (Lipinski definition) is 2. The molecule has 52 valence electrons. The van der Waals surface area contributed by atoms with Crippen molar-refractivity contribution >= 4 is 16.5 Å². The van der Waals surface area contributed by atoms with Crippen LogP contribution in [0.5, 0.6) is 0 Å². The van der Waals surface area contributed by atoms with Crippen molar-refractivity contribution in [2.45, 2.75) is 19.3 Å².